The van der Waals surface area contributed by atoms with Crippen LogP contribution in [0.4, 0.5) is 0 Å². The maximum absolute atomic E-state index is 10.6. The fourth-order valence-corrected chi connectivity index (χ4v) is 1.67. The second-order valence-electron chi connectivity index (χ2n) is 2.16. The van der Waals surface area contributed by atoms with Crippen molar-refractivity contribution in [2.75, 3.05) is 0 Å². The topological polar surface area (TPSA) is 26.3 Å². The van der Waals surface area contributed by atoms with E-state index in [9.17, 15) is 4.79 Å². The number of cyclic esters (lactones) is 1. The molecule has 1 aliphatic rings. The third-order valence-electron chi connectivity index (χ3n) is 1.45. The Kier molecular flexibility index (Phi) is 2.11. The summed E-state index contributed by atoms with van der Waals surface area (Å²) in [6.45, 7) is 2.01. The molecule has 0 aromatic heterocycles. The van der Waals surface area contributed by atoms with E-state index in [1.807, 2.05) is 6.92 Å². The van der Waals surface area contributed by atoms with Crippen molar-refractivity contribution < 1.29 is 9.53 Å². The minimum Gasteiger partial charge on any atom is -0.461 e. The van der Waals surface area contributed by atoms with Crippen molar-refractivity contribution in [1.29, 1.82) is 0 Å². The Bertz CT molecular complexity index is 124. The van der Waals surface area contributed by atoms with Crippen molar-refractivity contribution in [3.05, 3.63) is 0 Å². The first-order valence-corrected chi connectivity index (χ1v) is 3.99. The molecule has 1 fully saturated rings. The van der Waals surface area contributed by atoms with Gasteiger partial charge in [-0.05, 0) is 6.42 Å². The highest BCUT2D eigenvalue weighted by molar-refractivity contribution is 9.09. The Morgan fingerprint density at radius 2 is 2.56 bits per heavy atom. The van der Waals surface area contributed by atoms with Crippen LogP contribution in [0.2, 0.25) is 0 Å². The average Bonchev–Trinajstić information content (AvgIpc) is 2.10. The number of alkyl halides is 1. The Hall–Kier alpha value is -0.0500. The number of halogens is 1. The minimum atomic E-state index is -0.0799. The van der Waals surface area contributed by atoms with E-state index in [4.69, 9.17) is 4.74 Å². The van der Waals surface area contributed by atoms with Gasteiger partial charge in [0, 0.05) is 0 Å². The molecule has 3 heteroatoms. The van der Waals surface area contributed by atoms with E-state index < -0.39 is 0 Å². The van der Waals surface area contributed by atoms with Gasteiger partial charge in [-0.25, -0.2) is 0 Å². The second kappa shape index (κ2) is 2.69. The zero-order chi connectivity index (χ0) is 6.85. The third-order valence-corrected chi connectivity index (χ3v) is 2.36. The number of ether oxygens (including phenoxy) is 1. The molecule has 2 atom stereocenters. The molecule has 0 saturated carbocycles. The van der Waals surface area contributed by atoms with E-state index in [2.05, 4.69) is 15.9 Å². The molecule has 0 unspecified atom stereocenters. The smallest absolute Gasteiger partial charge is 0.307 e. The first-order valence-electron chi connectivity index (χ1n) is 3.07. The highest BCUT2D eigenvalue weighted by Crippen LogP contribution is 2.23. The molecule has 1 aliphatic heterocycles. The summed E-state index contributed by atoms with van der Waals surface area (Å²) in [5.74, 6) is -0.0799. The van der Waals surface area contributed by atoms with Crippen molar-refractivity contribution in [1.82, 2.24) is 0 Å². The zero-order valence-electron chi connectivity index (χ0n) is 5.26. The van der Waals surface area contributed by atoms with Gasteiger partial charge in [-0.15, -0.1) is 0 Å². The van der Waals surface area contributed by atoms with Gasteiger partial charge in [-0.3, -0.25) is 4.79 Å². The van der Waals surface area contributed by atoms with Crippen LogP contribution in [0.5, 0.6) is 0 Å². The predicted octanol–water partition coefficient (Wildman–Crippen LogP) is 1.48. The normalized spacial score (nSPS) is 34.7. The van der Waals surface area contributed by atoms with Crippen LogP contribution in [-0.4, -0.2) is 16.9 Å². The molecule has 9 heavy (non-hydrogen) atoms. The lowest BCUT2D eigenvalue weighted by Crippen LogP contribution is -2.13. The van der Waals surface area contributed by atoms with Gasteiger partial charge < -0.3 is 4.74 Å². The van der Waals surface area contributed by atoms with Crippen LogP contribution in [0.25, 0.3) is 0 Å². The summed E-state index contributed by atoms with van der Waals surface area (Å²) in [5.41, 5.74) is 0. The molecular formula is C6H9BrO2. The summed E-state index contributed by atoms with van der Waals surface area (Å²) in [7, 11) is 0. The largest absolute Gasteiger partial charge is 0.461 e. The number of hydrogen-bond donors (Lipinski definition) is 0. The van der Waals surface area contributed by atoms with Gasteiger partial charge >= 0.3 is 5.97 Å². The fourth-order valence-electron chi connectivity index (χ4n) is 0.921. The average molecular weight is 193 g/mol. The summed E-state index contributed by atoms with van der Waals surface area (Å²) < 4.78 is 4.94. The van der Waals surface area contributed by atoms with Crippen molar-refractivity contribution in [3.8, 4) is 0 Å². The van der Waals surface area contributed by atoms with Crippen LogP contribution in [0.1, 0.15) is 19.8 Å². The Labute approximate surface area is 62.7 Å². The van der Waals surface area contributed by atoms with Gasteiger partial charge in [-0.1, -0.05) is 22.9 Å². The molecule has 0 amide bonds. The quantitative estimate of drug-likeness (QED) is 0.465. The van der Waals surface area contributed by atoms with Gasteiger partial charge in [-0.2, -0.15) is 0 Å². The fraction of sp³-hybridized carbons (Fsp3) is 0.833. The number of carbonyl (C=O) groups excluding carboxylic acids is 1. The maximum atomic E-state index is 10.6. The van der Waals surface area contributed by atoms with Crippen LogP contribution in [0, 0.1) is 0 Å². The predicted molar refractivity (Wildman–Crippen MR) is 37.5 cm³/mol. The van der Waals surface area contributed by atoms with Gasteiger partial charge in [0.2, 0.25) is 0 Å². The van der Waals surface area contributed by atoms with Crippen molar-refractivity contribution in [2.45, 2.75) is 30.7 Å². The van der Waals surface area contributed by atoms with Crippen LogP contribution in [-0.2, 0) is 9.53 Å². The highest BCUT2D eigenvalue weighted by Gasteiger charge is 2.30. The molecule has 52 valence electrons. The van der Waals surface area contributed by atoms with Crippen LogP contribution >= 0.6 is 15.9 Å². The van der Waals surface area contributed by atoms with E-state index in [-0.39, 0.29) is 16.9 Å². The summed E-state index contributed by atoms with van der Waals surface area (Å²) in [6.07, 6.45) is 1.54. The number of hydrogen-bond acceptors (Lipinski definition) is 2. The van der Waals surface area contributed by atoms with Crippen LogP contribution in [0.3, 0.4) is 0 Å². The van der Waals surface area contributed by atoms with Gasteiger partial charge in [0.15, 0.2) is 0 Å². The van der Waals surface area contributed by atoms with E-state index >= 15 is 0 Å². The minimum absolute atomic E-state index is 0.0799. The zero-order valence-corrected chi connectivity index (χ0v) is 6.85. The molecule has 1 heterocycles. The molecular weight excluding hydrogens is 184 g/mol. The Morgan fingerprint density at radius 1 is 1.89 bits per heavy atom. The molecule has 0 N–H and O–H groups in total. The number of esters is 1. The molecule has 1 saturated heterocycles. The summed E-state index contributed by atoms with van der Waals surface area (Å²) in [5, 5.41) is 0. The standard InChI is InChI=1S/C6H9BrO2/c1-2-5-4(7)3-6(8)9-5/h4-5H,2-3H2,1H3/t4-,5+/m1/s1. The van der Waals surface area contributed by atoms with E-state index in [1.54, 1.807) is 0 Å². The van der Waals surface area contributed by atoms with E-state index in [0.717, 1.165) is 6.42 Å². The molecule has 0 radical (unpaired) electrons. The lowest BCUT2D eigenvalue weighted by atomic mass is 10.2. The van der Waals surface area contributed by atoms with Gasteiger partial charge in [0.1, 0.15) is 6.10 Å². The summed E-state index contributed by atoms with van der Waals surface area (Å²) in [4.78, 5) is 10.8. The number of rotatable bonds is 1. The first-order chi connectivity index (χ1) is 4.24. The molecule has 1 rings (SSSR count). The molecule has 2 nitrogen and oxygen atoms in total. The summed E-state index contributed by atoms with van der Waals surface area (Å²) >= 11 is 3.36. The van der Waals surface area contributed by atoms with Gasteiger partial charge in [0.25, 0.3) is 0 Å². The number of carbonyl (C=O) groups is 1. The molecule has 0 bridgehead atoms. The first kappa shape index (κ1) is 7.06. The molecule has 0 aliphatic carbocycles. The van der Waals surface area contributed by atoms with Crippen molar-refractivity contribution >= 4 is 21.9 Å². The van der Waals surface area contributed by atoms with Gasteiger partial charge in [0.05, 0.1) is 11.2 Å². The lowest BCUT2D eigenvalue weighted by molar-refractivity contribution is -0.141. The Morgan fingerprint density at radius 3 is 2.78 bits per heavy atom. The van der Waals surface area contributed by atoms with Crippen molar-refractivity contribution in [2.24, 2.45) is 0 Å². The van der Waals surface area contributed by atoms with Crippen LogP contribution < -0.4 is 0 Å². The highest BCUT2D eigenvalue weighted by atomic mass is 79.9. The SMILES string of the molecule is CC[C@@H]1OC(=O)C[C@H]1Br. The van der Waals surface area contributed by atoms with Crippen molar-refractivity contribution in [3.63, 3.8) is 0 Å². The molecule has 0 aromatic rings. The monoisotopic (exact) mass is 192 g/mol. The third kappa shape index (κ3) is 1.45. The van der Waals surface area contributed by atoms with E-state index in [1.165, 1.54) is 0 Å². The van der Waals surface area contributed by atoms with E-state index in [0.29, 0.717) is 6.42 Å². The lowest BCUT2D eigenvalue weighted by Gasteiger charge is -2.07. The van der Waals surface area contributed by atoms with Crippen LogP contribution in [0.15, 0.2) is 0 Å². The second-order valence-corrected chi connectivity index (χ2v) is 3.33. The molecule has 0 aromatic carbocycles. The Balaban J connectivity index is 2.47. The molecule has 0 spiro atoms. The maximum Gasteiger partial charge on any atom is 0.307 e. The summed E-state index contributed by atoms with van der Waals surface area (Å²) in [6, 6.07) is 0.